The molecule has 0 saturated carbocycles. The van der Waals surface area contributed by atoms with Crippen LogP contribution in [0.4, 0.5) is 16.2 Å². The summed E-state index contributed by atoms with van der Waals surface area (Å²) in [7, 11) is 0. The van der Waals surface area contributed by atoms with E-state index in [0.29, 0.717) is 10.0 Å². The van der Waals surface area contributed by atoms with E-state index in [2.05, 4.69) is 16.0 Å². The number of urea groups is 1. The van der Waals surface area contributed by atoms with E-state index in [1.165, 1.54) is 0 Å². The average Bonchev–Trinajstić information content (AvgIpc) is 2.50. The Balaban J connectivity index is 1.82. The third kappa shape index (κ3) is 5.95. The van der Waals surface area contributed by atoms with Crippen LogP contribution < -0.4 is 16.0 Å². The lowest BCUT2D eigenvalue weighted by molar-refractivity contribution is 0.250. The van der Waals surface area contributed by atoms with Crippen LogP contribution in [0.1, 0.15) is 19.4 Å². The van der Waals surface area contributed by atoms with E-state index in [0.717, 1.165) is 29.9 Å². The Labute approximate surface area is 152 Å². The fourth-order valence-electron chi connectivity index (χ4n) is 2.17. The number of halogens is 2. The predicted molar refractivity (Wildman–Crippen MR) is 102 cm³/mol. The molecule has 0 heterocycles. The van der Waals surface area contributed by atoms with E-state index in [1.807, 2.05) is 50.2 Å². The van der Waals surface area contributed by atoms with Crippen LogP contribution in [0.25, 0.3) is 0 Å². The van der Waals surface area contributed by atoms with Gasteiger partial charge in [-0.2, -0.15) is 0 Å². The molecule has 0 saturated heterocycles. The number of amides is 2. The molecular weight excluding hydrogens is 345 g/mol. The third-order valence-corrected chi connectivity index (χ3v) is 3.89. The molecule has 0 aliphatic carbocycles. The second kappa shape index (κ2) is 8.81. The first-order valence-electron chi connectivity index (χ1n) is 7.79. The highest BCUT2D eigenvalue weighted by atomic mass is 35.5. The molecule has 24 heavy (non-hydrogen) atoms. The van der Waals surface area contributed by atoms with Gasteiger partial charge in [-0.3, -0.25) is 0 Å². The van der Waals surface area contributed by atoms with E-state index < -0.39 is 0 Å². The van der Waals surface area contributed by atoms with Gasteiger partial charge in [0.15, 0.2) is 0 Å². The number of carbonyl (C=O) groups is 1. The van der Waals surface area contributed by atoms with Crippen molar-refractivity contribution in [3.63, 3.8) is 0 Å². The quantitative estimate of drug-likeness (QED) is 0.660. The van der Waals surface area contributed by atoms with Crippen LogP contribution in [-0.2, 0) is 6.42 Å². The number of carbonyl (C=O) groups excluding carboxylic acids is 1. The molecule has 0 spiro atoms. The average molecular weight is 366 g/mol. The number of hydrogen-bond acceptors (Lipinski definition) is 2. The van der Waals surface area contributed by atoms with E-state index in [9.17, 15) is 4.79 Å². The summed E-state index contributed by atoms with van der Waals surface area (Å²) in [4.78, 5) is 11.6. The van der Waals surface area contributed by atoms with Gasteiger partial charge in [-0.15, -0.1) is 0 Å². The minimum Gasteiger partial charge on any atom is -0.385 e. The number of anilines is 2. The number of rotatable bonds is 6. The van der Waals surface area contributed by atoms with Gasteiger partial charge in [0.2, 0.25) is 0 Å². The molecule has 0 radical (unpaired) electrons. The Bertz CT molecular complexity index is 687. The molecule has 0 atom stereocenters. The smallest absolute Gasteiger partial charge is 0.319 e. The molecule has 0 aliphatic heterocycles. The van der Waals surface area contributed by atoms with Crippen molar-refractivity contribution < 1.29 is 4.79 Å². The van der Waals surface area contributed by atoms with Crippen molar-refractivity contribution in [2.45, 2.75) is 26.3 Å². The molecule has 2 aromatic carbocycles. The maximum atomic E-state index is 11.6. The van der Waals surface area contributed by atoms with Crippen LogP contribution in [0.15, 0.2) is 42.5 Å². The lowest BCUT2D eigenvalue weighted by atomic mass is 10.1. The molecule has 2 rings (SSSR count). The zero-order chi connectivity index (χ0) is 17.5. The normalized spacial score (nSPS) is 10.5. The van der Waals surface area contributed by atoms with Gasteiger partial charge in [-0.25, -0.2) is 4.79 Å². The Morgan fingerprint density at radius 1 is 1.04 bits per heavy atom. The van der Waals surface area contributed by atoms with Gasteiger partial charge in [0.25, 0.3) is 0 Å². The van der Waals surface area contributed by atoms with E-state index in [1.54, 1.807) is 6.07 Å². The second-order valence-electron chi connectivity index (χ2n) is 5.74. The van der Waals surface area contributed by atoms with Gasteiger partial charge < -0.3 is 16.0 Å². The number of benzene rings is 2. The first-order chi connectivity index (χ1) is 11.4. The molecule has 0 unspecified atom stereocenters. The molecule has 0 fully saturated rings. The maximum absolute atomic E-state index is 11.6. The Hall–Kier alpha value is -1.91. The van der Waals surface area contributed by atoms with Crippen LogP contribution in [0.2, 0.25) is 10.0 Å². The SMILES string of the molecule is CC(C)NC(=O)Nc1ccc(NCCc2ccc(Cl)cc2Cl)cc1. The van der Waals surface area contributed by atoms with E-state index in [-0.39, 0.29) is 12.1 Å². The molecule has 3 N–H and O–H groups in total. The van der Waals surface area contributed by atoms with Crippen molar-refractivity contribution in [1.82, 2.24) is 5.32 Å². The van der Waals surface area contributed by atoms with Gasteiger partial charge in [-0.1, -0.05) is 29.3 Å². The summed E-state index contributed by atoms with van der Waals surface area (Å²) in [5, 5.41) is 10.2. The summed E-state index contributed by atoms with van der Waals surface area (Å²) < 4.78 is 0. The zero-order valence-electron chi connectivity index (χ0n) is 13.7. The molecule has 128 valence electrons. The number of nitrogens with one attached hydrogen (secondary N) is 3. The van der Waals surface area contributed by atoms with Crippen molar-refractivity contribution in [1.29, 1.82) is 0 Å². The minimum atomic E-state index is -0.205. The standard InChI is InChI=1S/C18H21Cl2N3O/c1-12(2)22-18(24)23-16-7-5-15(6-8-16)21-10-9-13-3-4-14(19)11-17(13)20/h3-8,11-12,21H,9-10H2,1-2H3,(H2,22,23,24). The first-order valence-corrected chi connectivity index (χ1v) is 8.55. The summed E-state index contributed by atoms with van der Waals surface area (Å²) in [6.45, 7) is 4.58. The van der Waals surface area contributed by atoms with Gasteiger partial charge in [0.1, 0.15) is 0 Å². The topological polar surface area (TPSA) is 53.2 Å². The summed E-state index contributed by atoms with van der Waals surface area (Å²) in [6.07, 6.45) is 0.798. The Morgan fingerprint density at radius 3 is 2.33 bits per heavy atom. The fourth-order valence-corrected chi connectivity index (χ4v) is 2.67. The lowest BCUT2D eigenvalue weighted by Gasteiger charge is -2.11. The van der Waals surface area contributed by atoms with Crippen molar-refractivity contribution in [3.8, 4) is 0 Å². The van der Waals surface area contributed by atoms with Crippen molar-refractivity contribution in [2.75, 3.05) is 17.2 Å². The van der Waals surface area contributed by atoms with Gasteiger partial charge in [-0.05, 0) is 62.2 Å². The summed E-state index contributed by atoms with van der Waals surface area (Å²) >= 11 is 12.0. The molecular formula is C18H21Cl2N3O. The van der Waals surface area contributed by atoms with Crippen molar-refractivity contribution >= 4 is 40.6 Å². The van der Waals surface area contributed by atoms with Crippen LogP contribution in [0.5, 0.6) is 0 Å². The highest BCUT2D eigenvalue weighted by molar-refractivity contribution is 6.35. The molecule has 0 bridgehead atoms. The van der Waals surface area contributed by atoms with Gasteiger partial charge >= 0.3 is 6.03 Å². The predicted octanol–water partition coefficient (Wildman–Crippen LogP) is 5.18. The molecule has 2 aromatic rings. The van der Waals surface area contributed by atoms with Crippen LogP contribution in [0.3, 0.4) is 0 Å². The lowest BCUT2D eigenvalue weighted by Crippen LogP contribution is -2.34. The minimum absolute atomic E-state index is 0.102. The van der Waals surface area contributed by atoms with Gasteiger partial charge in [0, 0.05) is 34.0 Å². The highest BCUT2D eigenvalue weighted by Crippen LogP contribution is 2.21. The Morgan fingerprint density at radius 2 is 1.71 bits per heavy atom. The maximum Gasteiger partial charge on any atom is 0.319 e. The summed E-state index contributed by atoms with van der Waals surface area (Å²) in [5.74, 6) is 0. The number of hydrogen-bond donors (Lipinski definition) is 3. The Kier molecular flexibility index (Phi) is 6.76. The molecule has 0 aromatic heterocycles. The zero-order valence-corrected chi connectivity index (χ0v) is 15.2. The van der Waals surface area contributed by atoms with Gasteiger partial charge in [0.05, 0.1) is 0 Å². The summed E-state index contributed by atoms with van der Waals surface area (Å²) in [6, 6.07) is 13.0. The first kappa shape index (κ1) is 18.4. The fraction of sp³-hybridized carbons (Fsp3) is 0.278. The van der Waals surface area contributed by atoms with Crippen LogP contribution >= 0.6 is 23.2 Å². The van der Waals surface area contributed by atoms with E-state index >= 15 is 0 Å². The third-order valence-electron chi connectivity index (χ3n) is 3.30. The summed E-state index contributed by atoms with van der Waals surface area (Å²) in [5.41, 5.74) is 2.78. The molecule has 6 heteroatoms. The monoisotopic (exact) mass is 365 g/mol. The van der Waals surface area contributed by atoms with Crippen LogP contribution in [0, 0.1) is 0 Å². The molecule has 2 amide bonds. The van der Waals surface area contributed by atoms with Crippen molar-refractivity contribution in [2.24, 2.45) is 0 Å². The second-order valence-corrected chi connectivity index (χ2v) is 6.59. The molecule has 0 aliphatic rings. The molecule has 4 nitrogen and oxygen atoms in total. The van der Waals surface area contributed by atoms with Crippen molar-refractivity contribution in [3.05, 3.63) is 58.1 Å². The highest BCUT2D eigenvalue weighted by Gasteiger charge is 2.04. The van der Waals surface area contributed by atoms with E-state index in [4.69, 9.17) is 23.2 Å². The largest absolute Gasteiger partial charge is 0.385 e. The van der Waals surface area contributed by atoms with Crippen LogP contribution in [-0.4, -0.2) is 18.6 Å².